The summed E-state index contributed by atoms with van der Waals surface area (Å²) < 4.78 is 5.69. The van der Waals surface area contributed by atoms with Crippen molar-refractivity contribution in [1.82, 2.24) is 10.2 Å². The summed E-state index contributed by atoms with van der Waals surface area (Å²) in [4.78, 5) is 41.2. The number of para-hydroxylation sites is 1. The van der Waals surface area contributed by atoms with E-state index in [1.54, 1.807) is 16.8 Å². The second kappa shape index (κ2) is 9.08. The van der Waals surface area contributed by atoms with Crippen molar-refractivity contribution < 1.29 is 19.1 Å². The van der Waals surface area contributed by atoms with E-state index in [9.17, 15) is 14.4 Å². The molecule has 0 spiro atoms. The van der Waals surface area contributed by atoms with E-state index in [1.807, 2.05) is 31.2 Å². The van der Waals surface area contributed by atoms with Crippen LogP contribution in [0.3, 0.4) is 0 Å². The van der Waals surface area contributed by atoms with Gasteiger partial charge in [-0.3, -0.25) is 9.59 Å². The van der Waals surface area contributed by atoms with Crippen molar-refractivity contribution in [2.45, 2.75) is 45.1 Å². The number of rotatable bonds is 3. The van der Waals surface area contributed by atoms with Gasteiger partial charge in [0, 0.05) is 38.0 Å². The molecule has 1 saturated carbocycles. The Morgan fingerprint density at radius 2 is 1.93 bits per heavy atom. The summed E-state index contributed by atoms with van der Waals surface area (Å²) in [6.07, 6.45) is 2.99. The van der Waals surface area contributed by atoms with Crippen LogP contribution in [0, 0.1) is 5.92 Å². The van der Waals surface area contributed by atoms with E-state index in [0.717, 1.165) is 31.2 Å². The maximum Gasteiger partial charge on any atom is 0.407 e. The SMILES string of the molecule is CCNC(=O)OC1CN(C(=O)C2CCCC2)CCC(=O)N(C)c2ccccc21. The molecule has 1 N–H and O–H groups in total. The number of fused-ring (bicyclic) bond motifs is 1. The molecule has 1 aliphatic heterocycles. The number of hydrogen-bond acceptors (Lipinski definition) is 4. The van der Waals surface area contributed by atoms with Crippen LogP contribution in [0.15, 0.2) is 24.3 Å². The summed E-state index contributed by atoms with van der Waals surface area (Å²) in [6.45, 7) is 2.86. The molecule has 152 valence electrons. The van der Waals surface area contributed by atoms with E-state index in [2.05, 4.69) is 5.32 Å². The summed E-state index contributed by atoms with van der Waals surface area (Å²) in [6, 6.07) is 7.40. The molecule has 1 fully saturated rings. The van der Waals surface area contributed by atoms with E-state index in [0.29, 0.717) is 18.8 Å². The van der Waals surface area contributed by atoms with Crippen LogP contribution < -0.4 is 10.2 Å². The van der Waals surface area contributed by atoms with Gasteiger partial charge in [-0.15, -0.1) is 0 Å². The number of nitrogens with zero attached hydrogens (tertiary/aromatic N) is 2. The lowest BCUT2D eigenvalue weighted by molar-refractivity contribution is -0.137. The summed E-state index contributed by atoms with van der Waals surface area (Å²) in [5.74, 6) is 0.0149. The third-order valence-electron chi connectivity index (χ3n) is 5.59. The number of alkyl carbamates (subject to hydrolysis) is 1. The van der Waals surface area contributed by atoms with Crippen LogP contribution >= 0.6 is 0 Å². The fourth-order valence-electron chi connectivity index (χ4n) is 4.03. The van der Waals surface area contributed by atoms with E-state index >= 15 is 0 Å². The average molecular weight is 387 g/mol. The highest BCUT2D eigenvalue weighted by Gasteiger charge is 2.33. The van der Waals surface area contributed by atoms with Crippen molar-refractivity contribution in [3.05, 3.63) is 29.8 Å². The van der Waals surface area contributed by atoms with Crippen LogP contribution in [-0.2, 0) is 14.3 Å². The molecule has 7 nitrogen and oxygen atoms in total. The first-order chi connectivity index (χ1) is 13.5. The van der Waals surface area contributed by atoms with Crippen molar-refractivity contribution in [1.29, 1.82) is 0 Å². The molecule has 7 heteroatoms. The quantitative estimate of drug-likeness (QED) is 0.865. The predicted octanol–water partition coefficient (Wildman–Crippen LogP) is 2.86. The monoisotopic (exact) mass is 387 g/mol. The molecule has 0 aromatic heterocycles. The third-order valence-corrected chi connectivity index (χ3v) is 5.59. The number of benzene rings is 1. The molecule has 3 rings (SSSR count). The topological polar surface area (TPSA) is 79.0 Å². The Kier molecular flexibility index (Phi) is 6.54. The number of amides is 3. The maximum atomic E-state index is 13.1. The lowest BCUT2D eigenvalue weighted by Crippen LogP contribution is -2.41. The zero-order valence-electron chi connectivity index (χ0n) is 16.6. The Bertz CT molecular complexity index is 730. The maximum absolute atomic E-state index is 13.1. The van der Waals surface area contributed by atoms with E-state index < -0.39 is 12.2 Å². The van der Waals surface area contributed by atoms with Crippen molar-refractivity contribution in [3.8, 4) is 0 Å². The zero-order valence-corrected chi connectivity index (χ0v) is 16.6. The highest BCUT2D eigenvalue weighted by molar-refractivity contribution is 5.94. The molecule has 1 heterocycles. The minimum atomic E-state index is -0.638. The first-order valence-electron chi connectivity index (χ1n) is 10.1. The fraction of sp³-hybridized carbons (Fsp3) is 0.571. The molecule has 0 bridgehead atoms. The number of anilines is 1. The van der Waals surface area contributed by atoms with Crippen molar-refractivity contribution in [2.75, 3.05) is 31.6 Å². The predicted molar refractivity (Wildman–Crippen MR) is 106 cm³/mol. The summed E-state index contributed by atoms with van der Waals surface area (Å²) in [5.41, 5.74) is 1.44. The van der Waals surface area contributed by atoms with Gasteiger partial charge >= 0.3 is 6.09 Å². The van der Waals surface area contributed by atoms with E-state index in [4.69, 9.17) is 4.74 Å². The highest BCUT2D eigenvalue weighted by atomic mass is 16.6. The molecule has 1 unspecified atom stereocenters. The summed E-state index contributed by atoms with van der Waals surface area (Å²) in [7, 11) is 1.72. The number of nitrogens with one attached hydrogen (secondary N) is 1. The summed E-state index contributed by atoms with van der Waals surface area (Å²) in [5, 5.41) is 2.65. The van der Waals surface area contributed by atoms with E-state index in [1.165, 1.54) is 0 Å². The van der Waals surface area contributed by atoms with Crippen molar-refractivity contribution in [2.24, 2.45) is 5.92 Å². The normalized spacial score (nSPS) is 20.8. The van der Waals surface area contributed by atoms with Gasteiger partial charge in [-0.2, -0.15) is 0 Å². The Labute approximate surface area is 166 Å². The average Bonchev–Trinajstić information content (AvgIpc) is 3.24. The molecule has 0 saturated heterocycles. The standard InChI is InChI=1S/C21H29N3O4/c1-3-22-21(27)28-18-14-24(20(26)15-8-4-5-9-15)13-12-19(25)23(2)17-11-7-6-10-16(17)18/h6-7,10-11,15,18H,3-5,8-9,12-14H2,1-2H3,(H,22,27). The number of carbonyl (C=O) groups is 3. The molecule has 1 aromatic rings. The van der Waals surface area contributed by atoms with Crippen molar-refractivity contribution in [3.63, 3.8) is 0 Å². The molecular formula is C21H29N3O4. The Balaban J connectivity index is 1.94. The Morgan fingerprint density at radius 3 is 2.64 bits per heavy atom. The fourth-order valence-corrected chi connectivity index (χ4v) is 4.03. The molecule has 0 radical (unpaired) electrons. The number of hydrogen-bond donors (Lipinski definition) is 1. The van der Waals surface area contributed by atoms with E-state index in [-0.39, 0.29) is 30.7 Å². The second-order valence-electron chi connectivity index (χ2n) is 7.45. The smallest absolute Gasteiger partial charge is 0.407 e. The lowest BCUT2D eigenvalue weighted by atomic mass is 10.0. The van der Waals surface area contributed by atoms with Gasteiger partial charge in [0.05, 0.1) is 12.2 Å². The Hall–Kier alpha value is -2.57. The van der Waals surface area contributed by atoms with Gasteiger partial charge in [0.25, 0.3) is 0 Å². The van der Waals surface area contributed by atoms with Crippen LogP contribution in [-0.4, -0.2) is 49.5 Å². The minimum Gasteiger partial charge on any atom is -0.439 e. The molecular weight excluding hydrogens is 358 g/mol. The second-order valence-corrected chi connectivity index (χ2v) is 7.45. The third kappa shape index (κ3) is 4.46. The van der Waals surface area contributed by atoms with Crippen molar-refractivity contribution >= 4 is 23.6 Å². The summed E-state index contributed by atoms with van der Waals surface area (Å²) >= 11 is 0. The molecule has 28 heavy (non-hydrogen) atoms. The van der Waals surface area contributed by atoms with Gasteiger partial charge in [0.15, 0.2) is 0 Å². The van der Waals surface area contributed by atoms with Crippen LogP contribution in [0.4, 0.5) is 10.5 Å². The number of carbonyl (C=O) groups excluding carboxylic acids is 3. The van der Waals surface area contributed by atoms with Crippen LogP contribution in [0.5, 0.6) is 0 Å². The highest BCUT2D eigenvalue weighted by Crippen LogP contribution is 2.33. The van der Waals surface area contributed by atoms with Gasteiger partial charge in [-0.25, -0.2) is 4.79 Å². The van der Waals surface area contributed by atoms with Crippen LogP contribution in [0.2, 0.25) is 0 Å². The molecule has 1 aliphatic carbocycles. The zero-order chi connectivity index (χ0) is 20.1. The molecule has 1 aromatic carbocycles. The first-order valence-corrected chi connectivity index (χ1v) is 10.1. The molecule has 2 aliphatic rings. The van der Waals surface area contributed by atoms with Gasteiger partial charge < -0.3 is 19.9 Å². The molecule has 3 amide bonds. The first kappa shape index (κ1) is 20.2. The Morgan fingerprint density at radius 1 is 1.21 bits per heavy atom. The van der Waals surface area contributed by atoms with Gasteiger partial charge in [-0.05, 0) is 25.8 Å². The minimum absolute atomic E-state index is 0.00828. The molecule has 1 atom stereocenters. The van der Waals surface area contributed by atoms with Gasteiger partial charge in [-0.1, -0.05) is 31.0 Å². The van der Waals surface area contributed by atoms with Gasteiger partial charge in [0.2, 0.25) is 11.8 Å². The van der Waals surface area contributed by atoms with Crippen LogP contribution in [0.1, 0.15) is 50.7 Å². The van der Waals surface area contributed by atoms with Crippen LogP contribution in [0.25, 0.3) is 0 Å². The largest absolute Gasteiger partial charge is 0.439 e. The lowest BCUT2D eigenvalue weighted by Gasteiger charge is -2.29. The number of ether oxygens (including phenoxy) is 1. The van der Waals surface area contributed by atoms with Gasteiger partial charge in [0.1, 0.15) is 6.10 Å².